The largest absolute Gasteiger partial charge is 0.355 e. The third kappa shape index (κ3) is 4.00. The summed E-state index contributed by atoms with van der Waals surface area (Å²) in [6.07, 6.45) is 0.848. The molecule has 1 heterocycles. The second-order valence-corrected chi connectivity index (χ2v) is 7.78. The molecule has 1 aromatic rings. The number of rotatable bonds is 5. The number of amides is 1. The highest BCUT2D eigenvalue weighted by atomic mass is 32.2. The van der Waals surface area contributed by atoms with Crippen LogP contribution in [0.1, 0.15) is 19.4 Å². The fourth-order valence-corrected chi connectivity index (χ4v) is 3.90. The fourth-order valence-electron chi connectivity index (χ4n) is 2.68. The van der Waals surface area contributed by atoms with Gasteiger partial charge in [-0.15, -0.1) is 11.8 Å². The SMILES string of the molecule is CN(C)CC(C)(C)CNC(=O)[C@@H]1Cc2ccccc2S1. The molecule has 1 atom stereocenters. The highest BCUT2D eigenvalue weighted by Gasteiger charge is 2.29. The van der Waals surface area contributed by atoms with E-state index < -0.39 is 0 Å². The van der Waals surface area contributed by atoms with E-state index in [1.54, 1.807) is 11.8 Å². The van der Waals surface area contributed by atoms with Gasteiger partial charge in [-0.2, -0.15) is 0 Å². The van der Waals surface area contributed by atoms with Crippen LogP contribution in [0.4, 0.5) is 0 Å². The number of hydrogen-bond acceptors (Lipinski definition) is 3. The molecule has 0 spiro atoms. The second-order valence-electron chi connectivity index (χ2n) is 6.54. The Labute approximate surface area is 126 Å². The fraction of sp³-hybridized carbons (Fsp3) is 0.562. The number of hydrogen-bond donors (Lipinski definition) is 1. The van der Waals surface area contributed by atoms with Crippen LogP contribution in [0.3, 0.4) is 0 Å². The molecule has 0 fully saturated rings. The van der Waals surface area contributed by atoms with E-state index in [1.165, 1.54) is 10.5 Å². The van der Waals surface area contributed by atoms with Crippen LogP contribution < -0.4 is 5.32 Å². The van der Waals surface area contributed by atoms with Crippen molar-refractivity contribution >= 4 is 17.7 Å². The Bertz CT molecular complexity index is 460. The van der Waals surface area contributed by atoms with Crippen molar-refractivity contribution in [2.75, 3.05) is 27.2 Å². The Hall–Kier alpha value is -1.00. The van der Waals surface area contributed by atoms with Crippen LogP contribution in [0.25, 0.3) is 0 Å². The van der Waals surface area contributed by atoms with Crippen molar-refractivity contribution in [3.63, 3.8) is 0 Å². The van der Waals surface area contributed by atoms with Crippen LogP contribution in [0.2, 0.25) is 0 Å². The average Bonchev–Trinajstić information content (AvgIpc) is 2.78. The Kier molecular flexibility index (Phi) is 4.76. The summed E-state index contributed by atoms with van der Waals surface area (Å²) in [6, 6.07) is 8.29. The normalized spacial score (nSPS) is 18.1. The third-order valence-corrected chi connectivity index (χ3v) is 4.74. The quantitative estimate of drug-likeness (QED) is 0.904. The molecule has 0 aromatic heterocycles. The number of carbonyl (C=O) groups is 1. The van der Waals surface area contributed by atoms with Crippen molar-refractivity contribution < 1.29 is 4.79 Å². The second kappa shape index (κ2) is 6.19. The topological polar surface area (TPSA) is 32.3 Å². The summed E-state index contributed by atoms with van der Waals surface area (Å²) in [5.74, 6) is 0.165. The van der Waals surface area contributed by atoms with Gasteiger partial charge in [-0.25, -0.2) is 0 Å². The average molecular weight is 292 g/mol. The number of thioether (sulfide) groups is 1. The predicted molar refractivity (Wildman–Crippen MR) is 85.1 cm³/mol. The molecule has 1 aromatic carbocycles. The summed E-state index contributed by atoms with van der Waals surface area (Å²) >= 11 is 1.69. The molecule has 0 saturated heterocycles. The molecule has 2 rings (SSSR count). The van der Waals surface area contributed by atoms with Gasteiger partial charge in [-0.3, -0.25) is 4.79 Å². The summed E-state index contributed by atoms with van der Waals surface area (Å²) in [5.41, 5.74) is 1.39. The lowest BCUT2D eigenvalue weighted by molar-refractivity contribution is -0.121. The maximum Gasteiger partial charge on any atom is 0.233 e. The lowest BCUT2D eigenvalue weighted by Gasteiger charge is -2.28. The highest BCUT2D eigenvalue weighted by Crippen LogP contribution is 2.36. The van der Waals surface area contributed by atoms with Gasteiger partial charge in [0.1, 0.15) is 0 Å². The molecule has 0 bridgehead atoms. The van der Waals surface area contributed by atoms with E-state index in [4.69, 9.17) is 0 Å². The van der Waals surface area contributed by atoms with Crippen LogP contribution in [0, 0.1) is 5.41 Å². The van der Waals surface area contributed by atoms with Crippen molar-refractivity contribution in [3.05, 3.63) is 29.8 Å². The van der Waals surface area contributed by atoms with Crippen LogP contribution >= 0.6 is 11.8 Å². The minimum atomic E-state index is 0.0301. The van der Waals surface area contributed by atoms with Gasteiger partial charge >= 0.3 is 0 Å². The molecule has 0 aliphatic carbocycles. The molecular weight excluding hydrogens is 268 g/mol. The van der Waals surface area contributed by atoms with E-state index in [0.29, 0.717) is 0 Å². The lowest BCUT2D eigenvalue weighted by atomic mass is 9.93. The van der Waals surface area contributed by atoms with Crippen LogP contribution in [-0.4, -0.2) is 43.2 Å². The molecule has 1 aliphatic rings. The molecule has 1 N–H and O–H groups in total. The van der Waals surface area contributed by atoms with Crippen LogP contribution in [-0.2, 0) is 11.2 Å². The Balaban J connectivity index is 1.85. The number of nitrogens with one attached hydrogen (secondary N) is 1. The van der Waals surface area contributed by atoms with Crippen LogP contribution in [0.15, 0.2) is 29.2 Å². The van der Waals surface area contributed by atoms with Gasteiger partial charge in [0.25, 0.3) is 0 Å². The maximum atomic E-state index is 12.3. The Morgan fingerprint density at radius 1 is 1.40 bits per heavy atom. The predicted octanol–water partition coefficient (Wildman–Crippen LogP) is 2.41. The number of benzene rings is 1. The summed E-state index contributed by atoms with van der Waals surface area (Å²) < 4.78 is 0. The van der Waals surface area contributed by atoms with Gasteiger partial charge in [0.05, 0.1) is 5.25 Å². The van der Waals surface area contributed by atoms with Crippen molar-refractivity contribution in [1.29, 1.82) is 0 Å². The van der Waals surface area contributed by atoms with Gasteiger partial charge < -0.3 is 10.2 Å². The summed E-state index contributed by atoms with van der Waals surface area (Å²) in [7, 11) is 4.13. The van der Waals surface area contributed by atoms with Gasteiger partial charge in [-0.05, 0) is 37.6 Å². The Morgan fingerprint density at radius 3 is 2.75 bits per heavy atom. The highest BCUT2D eigenvalue weighted by molar-refractivity contribution is 8.01. The Morgan fingerprint density at radius 2 is 2.10 bits per heavy atom. The van der Waals surface area contributed by atoms with Crippen LogP contribution in [0.5, 0.6) is 0 Å². The summed E-state index contributed by atoms with van der Waals surface area (Å²) in [5, 5.41) is 3.15. The molecule has 4 heteroatoms. The van der Waals surface area contributed by atoms with E-state index in [2.05, 4.69) is 50.3 Å². The smallest absolute Gasteiger partial charge is 0.233 e. The zero-order valence-electron chi connectivity index (χ0n) is 12.8. The molecule has 0 radical (unpaired) electrons. The molecule has 0 unspecified atom stereocenters. The zero-order valence-corrected chi connectivity index (χ0v) is 13.6. The lowest BCUT2D eigenvalue weighted by Crippen LogP contribution is -2.42. The molecular formula is C16H24N2OS. The van der Waals surface area contributed by atoms with E-state index >= 15 is 0 Å². The summed E-state index contributed by atoms with van der Waals surface area (Å²) in [6.45, 7) is 6.05. The number of carbonyl (C=O) groups excluding carboxylic acids is 1. The van der Waals surface area contributed by atoms with E-state index in [1.807, 2.05) is 12.1 Å². The summed E-state index contributed by atoms with van der Waals surface area (Å²) in [4.78, 5) is 15.7. The van der Waals surface area contributed by atoms with Gasteiger partial charge in [0.2, 0.25) is 5.91 Å². The van der Waals surface area contributed by atoms with Gasteiger partial charge in [-0.1, -0.05) is 32.0 Å². The number of fused-ring (bicyclic) bond motifs is 1. The molecule has 110 valence electrons. The molecule has 3 nitrogen and oxygen atoms in total. The number of nitrogens with zero attached hydrogens (tertiary/aromatic N) is 1. The third-order valence-electron chi connectivity index (χ3n) is 3.43. The molecule has 1 amide bonds. The van der Waals surface area contributed by atoms with Crippen molar-refractivity contribution in [1.82, 2.24) is 10.2 Å². The zero-order chi connectivity index (χ0) is 14.8. The van der Waals surface area contributed by atoms with E-state index in [0.717, 1.165) is 19.5 Å². The van der Waals surface area contributed by atoms with Crippen molar-refractivity contribution in [2.45, 2.75) is 30.4 Å². The first-order valence-corrected chi connectivity index (χ1v) is 7.92. The van der Waals surface area contributed by atoms with Gasteiger partial charge in [0.15, 0.2) is 0 Å². The van der Waals surface area contributed by atoms with Crippen molar-refractivity contribution in [2.24, 2.45) is 5.41 Å². The van der Waals surface area contributed by atoms with E-state index in [9.17, 15) is 4.79 Å². The molecule has 20 heavy (non-hydrogen) atoms. The molecule has 1 aliphatic heterocycles. The van der Waals surface area contributed by atoms with Gasteiger partial charge in [0, 0.05) is 18.0 Å². The van der Waals surface area contributed by atoms with E-state index in [-0.39, 0.29) is 16.6 Å². The maximum absolute atomic E-state index is 12.3. The monoisotopic (exact) mass is 292 g/mol. The van der Waals surface area contributed by atoms with Crippen molar-refractivity contribution in [3.8, 4) is 0 Å². The first kappa shape index (κ1) is 15.4. The minimum absolute atomic E-state index is 0.0301. The minimum Gasteiger partial charge on any atom is -0.355 e. The molecule has 0 saturated carbocycles. The standard InChI is InChI=1S/C16H24N2OS/c1-16(2,11-18(3)4)10-17-15(19)14-9-12-7-5-6-8-13(12)20-14/h5-8,14H,9-11H2,1-4H3,(H,17,19)/t14-/m0/s1. The first-order chi connectivity index (χ1) is 9.37. The first-order valence-electron chi connectivity index (χ1n) is 7.04.